The van der Waals surface area contributed by atoms with Gasteiger partial charge >= 0.3 is 0 Å². The fourth-order valence-electron chi connectivity index (χ4n) is 3.02. The highest BCUT2D eigenvalue weighted by Gasteiger charge is 2.12. The Hall–Kier alpha value is -2.28. The monoisotopic (exact) mass is 319 g/mol. The molecule has 0 aliphatic carbocycles. The first-order chi connectivity index (χ1) is 11.3. The predicted octanol–water partition coefficient (Wildman–Crippen LogP) is 5.99. The molecule has 0 amide bonds. The molecule has 126 valence electrons. The van der Waals surface area contributed by atoms with Crippen LogP contribution >= 0.6 is 0 Å². The van der Waals surface area contributed by atoms with Gasteiger partial charge in [0, 0.05) is 7.05 Å². The topological polar surface area (TPSA) is 12.0 Å². The lowest BCUT2D eigenvalue weighted by Crippen LogP contribution is -1.99. The van der Waals surface area contributed by atoms with Gasteiger partial charge in [0.15, 0.2) is 0 Å². The molecule has 2 rings (SSSR count). The average Bonchev–Trinajstić information content (AvgIpc) is 2.55. The molecule has 0 aromatic heterocycles. The van der Waals surface area contributed by atoms with E-state index in [4.69, 9.17) is 0 Å². The summed E-state index contributed by atoms with van der Waals surface area (Å²) in [5.41, 5.74) is 9.98. The first-order valence-electron chi connectivity index (χ1n) is 8.60. The molecule has 0 radical (unpaired) electrons. The summed E-state index contributed by atoms with van der Waals surface area (Å²) >= 11 is 0. The Kier molecular flexibility index (Phi) is 5.66. The molecular weight excluding hydrogens is 290 g/mol. The first kappa shape index (κ1) is 18.1. The lowest BCUT2D eigenvalue weighted by atomic mass is 9.88. The largest absolute Gasteiger partial charge is 0.394 e. The van der Waals surface area contributed by atoms with Gasteiger partial charge in [0.25, 0.3) is 0 Å². The fourth-order valence-corrected chi connectivity index (χ4v) is 3.02. The maximum absolute atomic E-state index is 4.43. The molecule has 2 aromatic rings. The zero-order chi connectivity index (χ0) is 17.9. The summed E-state index contributed by atoms with van der Waals surface area (Å²) < 4.78 is 0. The Morgan fingerprint density at radius 2 is 1.75 bits per heavy atom. The van der Waals surface area contributed by atoms with Gasteiger partial charge in [-0.15, -0.1) is 0 Å². The highest BCUT2D eigenvalue weighted by atomic mass is 14.8. The van der Waals surface area contributed by atoms with E-state index >= 15 is 0 Å². The number of nitrogens with one attached hydrogen (secondary N) is 1. The van der Waals surface area contributed by atoms with Gasteiger partial charge in [-0.05, 0) is 77.9 Å². The Morgan fingerprint density at radius 3 is 2.38 bits per heavy atom. The third-order valence-corrected chi connectivity index (χ3v) is 4.63. The van der Waals surface area contributed by atoms with Crippen LogP contribution in [0.4, 0.5) is 0 Å². The van der Waals surface area contributed by atoms with E-state index in [2.05, 4.69) is 82.9 Å². The van der Waals surface area contributed by atoms with Crippen molar-refractivity contribution in [3.63, 3.8) is 0 Å². The molecule has 0 heterocycles. The summed E-state index contributed by atoms with van der Waals surface area (Å²) in [6, 6.07) is 11.2. The van der Waals surface area contributed by atoms with Crippen LogP contribution in [0.3, 0.4) is 0 Å². The van der Waals surface area contributed by atoms with Crippen LogP contribution in [-0.4, -0.2) is 7.05 Å². The van der Waals surface area contributed by atoms with Crippen LogP contribution in [0, 0.1) is 20.8 Å². The van der Waals surface area contributed by atoms with Gasteiger partial charge in [-0.1, -0.05) is 56.3 Å². The molecule has 24 heavy (non-hydrogen) atoms. The normalized spacial score (nSPS) is 11.3. The molecule has 0 unspecified atom stereocenters. The number of hydrogen-bond acceptors (Lipinski definition) is 1. The number of benzene rings is 2. The summed E-state index contributed by atoms with van der Waals surface area (Å²) in [6.07, 6.45) is 4.11. The van der Waals surface area contributed by atoms with Gasteiger partial charge in [0.1, 0.15) is 0 Å². The lowest BCUT2D eigenvalue weighted by molar-refractivity contribution is 0.866. The third-order valence-electron chi connectivity index (χ3n) is 4.63. The van der Waals surface area contributed by atoms with E-state index in [1.54, 1.807) is 0 Å². The lowest BCUT2D eigenvalue weighted by Gasteiger charge is -2.17. The maximum atomic E-state index is 4.43. The van der Waals surface area contributed by atoms with E-state index in [1.807, 2.05) is 13.2 Å². The van der Waals surface area contributed by atoms with Gasteiger partial charge in [-0.2, -0.15) is 0 Å². The number of hydrogen-bond donors (Lipinski definition) is 1. The van der Waals surface area contributed by atoms with Crippen LogP contribution < -0.4 is 5.32 Å². The number of aryl methyl sites for hydroxylation is 2. The zero-order valence-electron chi connectivity index (χ0n) is 15.8. The zero-order valence-corrected chi connectivity index (χ0v) is 15.8. The van der Waals surface area contributed by atoms with E-state index in [0.29, 0.717) is 5.92 Å². The van der Waals surface area contributed by atoms with Crippen molar-refractivity contribution in [1.29, 1.82) is 0 Å². The summed E-state index contributed by atoms with van der Waals surface area (Å²) in [5.74, 6) is 0.511. The molecule has 0 saturated heterocycles. The van der Waals surface area contributed by atoms with E-state index in [-0.39, 0.29) is 0 Å². The molecule has 2 aromatic carbocycles. The molecule has 0 aliphatic rings. The summed E-state index contributed by atoms with van der Waals surface area (Å²) in [4.78, 5) is 0. The third kappa shape index (κ3) is 3.79. The maximum Gasteiger partial charge on any atom is 0.00277 e. The number of rotatable bonds is 5. The summed E-state index contributed by atoms with van der Waals surface area (Å²) in [5, 5.41) is 3.09. The van der Waals surface area contributed by atoms with Crippen molar-refractivity contribution in [3.05, 3.63) is 82.1 Å². The van der Waals surface area contributed by atoms with Gasteiger partial charge in [-0.25, -0.2) is 0 Å². The van der Waals surface area contributed by atoms with Crippen molar-refractivity contribution < 1.29 is 0 Å². The predicted molar refractivity (Wildman–Crippen MR) is 107 cm³/mol. The van der Waals surface area contributed by atoms with Gasteiger partial charge in [0.05, 0.1) is 0 Å². The molecule has 1 nitrogen and oxygen atoms in total. The molecule has 0 atom stereocenters. The average molecular weight is 319 g/mol. The Bertz CT molecular complexity index is 779. The van der Waals surface area contributed by atoms with E-state index < -0.39 is 0 Å². The second-order valence-corrected chi connectivity index (χ2v) is 6.86. The first-order valence-corrected chi connectivity index (χ1v) is 8.60. The second-order valence-electron chi connectivity index (χ2n) is 6.86. The summed E-state index contributed by atoms with van der Waals surface area (Å²) in [7, 11) is 1.92. The van der Waals surface area contributed by atoms with Gasteiger partial charge in [-0.3, -0.25) is 0 Å². The molecule has 0 bridgehead atoms. The molecular formula is C23H29N. The fraction of sp³-hybridized carbons (Fsp3) is 0.304. The SMILES string of the molecule is C=C(c1ccc(C(C)C)cc1/C=C\NC)c1cc(C)cc(C)c1C. The Morgan fingerprint density at radius 1 is 1.04 bits per heavy atom. The molecule has 0 fully saturated rings. The van der Waals surface area contributed by atoms with Crippen molar-refractivity contribution in [1.82, 2.24) is 5.32 Å². The van der Waals surface area contributed by atoms with Crippen molar-refractivity contribution in [2.24, 2.45) is 0 Å². The van der Waals surface area contributed by atoms with Gasteiger partial charge < -0.3 is 5.32 Å². The minimum atomic E-state index is 0.511. The molecule has 0 aliphatic heterocycles. The highest BCUT2D eigenvalue weighted by molar-refractivity contribution is 5.85. The quantitative estimate of drug-likeness (QED) is 0.714. The minimum Gasteiger partial charge on any atom is -0.394 e. The summed E-state index contributed by atoms with van der Waals surface area (Å²) in [6.45, 7) is 15.4. The van der Waals surface area contributed by atoms with E-state index in [9.17, 15) is 0 Å². The van der Waals surface area contributed by atoms with Crippen molar-refractivity contribution in [2.75, 3.05) is 7.05 Å². The van der Waals surface area contributed by atoms with Crippen LogP contribution in [-0.2, 0) is 0 Å². The smallest absolute Gasteiger partial charge is 0.00277 e. The Labute approximate surface area is 147 Å². The van der Waals surface area contributed by atoms with Crippen molar-refractivity contribution >= 4 is 11.6 Å². The molecule has 1 heteroatoms. The molecule has 1 N–H and O–H groups in total. The standard InChI is InChI=1S/C23H29N/c1-15(2)20-8-9-22(21(14-20)10-11-24-7)19(6)23-13-16(3)12-17(4)18(23)5/h8-15,24H,6H2,1-5,7H3/b11-10-. The van der Waals surface area contributed by atoms with Crippen molar-refractivity contribution in [2.45, 2.75) is 40.5 Å². The van der Waals surface area contributed by atoms with E-state index in [1.165, 1.54) is 38.9 Å². The van der Waals surface area contributed by atoms with Crippen LogP contribution in [0.2, 0.25) is 0 Å². The van der Waals surface area contributed by atoms with Crippen LogP contribution in [0.25, 0.3) is 11.6 Å². The van der Waals surface area contributed by atoms with Crippen LogP contribution in [0.15, 0.2) is 43.1 Å². The molecule has 0 saturated carbocycles. The Balaban J connectivity index is 2.59. The highest BCUT2D eigenvalue weighted by Crippen LogP contribution is 2.31. The minimum absolute atomic E-state index is 0.511. The van der Waals surface area contributed by atoms with Crippen LogP contribution in [0.1, 0.15) is 58.7 Å². The van der Waals surface area contributed by atoms with Crippen LogP contribution in [0.5, 0.6) is 0 Å². The van der Waals surface area contributed by atoms with Crippen molar-refractivity contribution in [3.8, 4) is 0 Å². The van der Waals surface area contributed by atoms with Gasteiger partial charge in [0.2, 0.25) is 0 Å². The second kappa shape index (κ2) is 7.53. The van der Waals surface area contributed by atoms with E-state index in [0.717, 1.165) is 5.57 Å². The molecule has 0 spiro atoms.